The van der Waals surface area contributed by atoms with Gasteiger partial charge in [0.05, 0.1) is 7.11 Å². The van der Waals surface area contributed by atoms with Crippen LogP contribution in [0.4, 0.5) is 10.1 Å². The van der Waals surface area contributed by atoms with E-state index in [0.29, 0.717) is 17.2 Å². The largest absolute Gasteiger partial charge is 0.494 e. The molecule has 1 aromatic carbocycles. The van der Waals surface area contributed by atoms with Crippen molar-refractivity contribution in [3.63, 3.8) is 0 Å². The first kappa shape index (κ1) is 13.7. The summed E-state index contributed by atoms with van der Waals surface area (Å²) in [6, 6.07) is 5.63. The molecule has 110 valence electrons. The Morgan fingerprint density at radius 3 is 2.45 bits per heavy atom. The molecule has 2 saturated carbocycles. The highest BCUT2D eigenvalue weighted by molar-refractivity contribution is 5.48. The lowest BCUT2D eigenvalue weighted by atomic mass is 9.71. The van der Waals surface area contributed by atoms with E-state index in [-0.39, 0.29) is 5.82 Å². The summed E-state index contributed by atoms with van der Waals surface area (Å²) in [6.45, 7) is 0. The maximum Gasteiger partial charge on any atom is 0.167 e. The second-order valence-electron chi connectivity index (χ2n) is 6.48. The standard InChI is InChI=1S/C17H24FNO/c1-20-16-5-4-14(12-15(16)18)19-13-6-10-17(11-7-13)8-2-3-9-17/h4-5,12-13,19H,2-3,6-11H2,1H3. The third kappa shape index (κ3) is 2.77. The number of rotatable bonds is 3. The lowest BCUT2D eigenvalue weighted by molar-refractivity contribution is 0.188. The van der Waals surface area contributed by atoms with E-state index in [4.69, 9.17) is 4.74 Å². The molecule has 2 aliphatic carbocycles. The van der Waals surface area contributed by atoms with Crippen molar-refractivity contribution in [2.75, 3.05) is 12.4 Å². The second-order valence-corrected chi connectivity index (χ2v) is 6.48. The summed E-state index contributed by atoms with van der Waals surface area (Å²) in [5, 5.41) is 3.48. The number of anilines is 1. The van der Waals surface area contributed by atoms with Crippen LogP contribution in [0.5, 0.6) is 5.75 Å². The van der Waals surface area contributed by atoms with Crippen LogP contribution >= 0.6 is 0 Å². The van der Waals surface area contributed by atoms with Crippen LogP contribution in [0.25, 0.3) is 0 Å². The molecule has 0 radical (unpaired) electrons. The first-order valence-corrected chi connectivity index (χ1v) is 7.81. The monoisotopic (exact) mass is 277 g/mol. The summed E-state index contributed by atoms with van der Waals surface area (Å²) in [5.74, 6) is 0.0182. The number of hydrogen-bond donors (Lipinski definition) is 1. The summed E-state index contributed by atoms with van der Waals surface area (Å²) in [6.07, 6.45) is 10.8. The van der Waals surface area contributed by atoms with Crippen LogP contribution in [-0.4, -0.2) is 13.2 Å². The number of halogens is 1. The van der Waals surface area contributed by atoms with Crippen LogP contribution < -0.4 is 10.1 Å². The molecule has 3 heteroatoms. The average Bonchev–Trinajstić information content (AvgIpc) is 2.90. The average molecular weight is 277 g/mol. The second kappa shape index (κ2) is 5.63. The Bertz CT molecular complexity index is 458. The van der Waals surface area contributed by atoms with Crippen molar-refractivity contribution in [1.82, 2.24) is 0 Å². The molecule has 1 spiro atoms. The minimum absolute atomic E-state index is 0.291. The Labute approximate surface area is 120 Å². The SMILES string of the molecule is COc1ccc(NC2CCC3(CCCC3)CC2)cc1F. The number of hydrogen-bond acceptors (Lipinski definition) is 2. The molecule has 0 amide bonds. The van der Waals surface area contributed by atoms with Gasteiger partial charge in [-0.05, 0) is 56.1 Å². The Morgan fingerprint density at radius 2 is 1.85 bits per heavy atom. The first-order valence-electron chi connectivity index (χ1n) is 7.81. The number of nitrogens with one attached hydrogen (secondary N) is 1. The van der Waals surface area contributed by atoms with Crippen LogP contribution in [0.1, 0.15) is 51.4 Å². The van der Waals surface area contributed by atoms with Gasteiger partial charge in [0.15, 0.2) is 11.6 Å². The van der Waals surface area contributed by atoms with Crippen molar-refractivity contribution in [3.05, 3.63) is 24.0 Å². The normalized spacial score (nSPS) is 22.1. The van der Waals surface area contributed by atoms with Crippen molar-refractivity contribution in [1.29, 1.82) is 0 Å². The van der Waals surface area contributed by atoms with Crippen LogP contribution in [0.3, 0.4) is 0 Å². The van der Waals surface area contributed by atoms with Gasteiger partial charge in [0, 0.05) is 17.8 Å². The lowest BCUT2D eigenvalue weighted by Crippen LogP contribution is -2.31. The van der Waals surface area contributed by atoms with Gasteiger partial charge in [-0.15, -0.1) is 0 Å². The summed E-state index contributed by atoms with van der Waals surface area (Å²) in [7, 11) is 1.49. The van der Waals surface area contributed by atoms with E-state index in [1.807, 2.05) is 6.07 Å². The molecule has 0 saturated heterocycles. The highest BCUT2D eigenvalue weighted by atomic mass is 19.1. The van der Waals surface area contributed by atoms with Gasteiger partial charge in [-0.3, -0.25) is 0 Å². The van der Waals surface area contributed by atoms with E-state index >= 15 is 0 Å². The highest BCUT2D eigenvalue weighted by Crippen LogP contribution is 2.49. The van der Waals surface area contributed by atoms with Crippen molar-refractivity contribution in [2.45, 2.75) is 57.4 Å². The highest BCUT2D eigenvalue weighted by Gasteiger charge is 2.37. The molecule has 0 bridgehead atoms. The Kier molecular flexibility index (Phi) is 3.86. The fourth-order valence-corrected chi connectivity index (χ4v) is 3.99. The molecule has 1 N–H and O–H groups in total. The molecule has 0 aromatic heterocycles. The Balaban J connectivity index is 1.58. The minimum Gasteiger partial charge on any atom is -0.494 e. The van der Waals surface area contributed by atoms with Crippen LogP contribution in [0.2, 0.25) is 0 Å². The van der Waals surface area contributed by atoms with Crippen molar-refractivity contribution < 1.29 is 9.13 Å². The topological polar surface area (TPSA) is 21.3 Å². The maximum atomic E-state index is 13.7. The predicted molar refractivity (Wildman–Crippen MR) is 79.7 cm³/mol. The molecule has 1 aromatic rings. The zero-order valence-corrected chi connectivity index (χ0v) is 12.3. The molecular formula is C17H24FNO. The molecular weight excluding hydrogens is 253 g/mol. The molecule has 20 heavy (non-hydrogen) atoms. The quantitative estimate of drug-likeness (QED) is 0.861. The molecule has 2 aliphatic rings. The van der Waals surface area contributed by atoms with Gasteiger partial charge in [-0.25, -0.2) is 4.39 Å². The number of benzene rings is 1. The van der Waals surface area contributed by atoms with E-state index in [0.717, 1.165) is 5.69 Å². The van der Waals surface area contributed by atoms with Gasteiger partial charge in [0.25, 0.3) is 0 Å². The Morgan fingerprint density at radius 1 is 1.15 bits per heavy atom. The molecule has 0 heterocycles. The number of ether oxygens (including phenoxy) is 1. The van der Waals surface area contributed by atoms with E-state index in [1.165, 1.54) is 58.5 Å². The van der Waals surface area contributed by atoms with Crippen LogP contribution in [0.15, 0.2) is 18.2 Å². The predicted octanol–water partition coefficient (Wildman–Crippen LogP) is 4.75. The zero-order chi connectivity index (χ0) is 14.0. The van der Waals surface area contributed by atoms with E-state index < -0.39 is 0 Å². The Hall–Kier alpha value is -1.25. The summed E-state index contributed by atoms with van der Waals surface area (Å²) in [4.78, 5) is 0. The maximum absolute atomic E-state index is 13.7. The lowest BCUT2D eigenvalue weighted by Gasteiger charge is -2.37. The van der Waals surface area contributed by atoms with Crippen LogP contribution in [-0.2, 0) is 0 Å². The van der Waals surface area contributed by atoms with Crippen molar-refractivity contribution >= 4 is 5.69 Å². The van der Waals surface area contributed by atoms with Gasteiger partial charge in [0.2, 0.25) is 0 Å². The van der Waals surface area contributed by atoms with Gasteiger partial charge in [-0.1, -0.05) is 12.8 Å². The van der Waals surface area contributed by atoms with Crippen molar-refractivity contribution in [3.8, 4) is 5.75 Å². The third-order valence-corrected chi connectivity index (χ3v) is 5.23. The summed E-state index contributed by atoms with van der Waals surface area (Å²) in [5.41, 5.74) is 1.53. The van der Waals surface area contributed by atoms with Crippen molar-refractivity contribution in [2.24, 2.45) is 5.41 Å². The molecule has 3 rings (SSSR count). The molecule has 0 aliphatic heterocycles. The minimum atomic E-state index is -0.291. The van der Waals surface area contributed by atoms with Gasteiger partial charge in [-0.2, -0.15) is 0 Å². The van der Waals surface area contributed by atoms with Crippen LogP contribution in [0, 0.1) is 11.2 Å². The molecule has 2 fully saturated rings. The molecule has 2 nitrogen and oxygen atoms in total. The zero-order valence-electron chi connectivity index (χ0n) is 12.3. The van der Waals surface area contributed by atoms with E-state index in [9.17, 15) is 4.39 Å². The fraction of sp³-hybridized carbons (Fsp3) is 0.647. The third-order valence-electron chi connectivity index (χ3n) is 5.23. The van der Waals surface area contributed by atoms with Gasteiger partial charge < -0.3 is 10.1 Å². The fourth-order valence-electron chi connectivity index (χ4n) is 3.99. The first-order chi connectivity index (χ1) is 9.71. The summed E-state index contributed by atoms with van der Waals surface area (Å²) < 4.78 is 18.6. The number of methoxy groups -OCH3 is 1. The van der Waals surface area contributed by atoms with E-state index in [1.54, 1.807) is 12.1 Å². The summed E-state index contributed by atoms with van der Waals surface area (Å²) >= 11 is 0. The molecule has 0 unspecified atom stereocenters. The smallest absolute Gasteiger partial charge is 0.167 e. The van der Waals surface area contributed by atoms with Gasteiger partial charge in [0.1, 0.15) is 0 Å². The molecule has 0 atom stereocenters. The van der Waals surface area contributed by atoms with E-state index in [2.05, 4.69) is 5.32 Å². The van der Waals surface area contributed by atoms with Gasteiger partial charge >= 0.3 is 0 Å².